The van der Waals surface area contributed by atoms with Crippen molar-refractivity contribution in [3.63, 3.8) is 0 Å². The lowest BCUT2D eigenvalue weighted by Crippen LogP contribution is -2.28. The molecule has 2 rings (SSSR count). The third-order valence-corrected chi connectivity index (χ3v) is 3.74. The molecule has 3 N–H and O–H groups in total. The Bertz CT molecular complexity index is 849. The molecule has 0 aliphatic heterocycles. The highest BCUT2D eigenvalue weighted by molar-refractivity contribution is 6.09. The van der Waals surface area contributed by atoms with E-state index in [2.05, 4.69) is 16.0 Å². The first-order valence-electron chi connectivity index (χ1n) is 9.13. The zero-order chi connectivity index (χ0) is 20.5. The van der Waals surface area contributed by atoms with Crippen LogP contribution in [0.5, 0.6) is 0 Å². The van der Waals surface area contributed by atoms with Gasteiger partial charge >= 0.3 is 6.09 Å². The van der Waals surface area contributed by atoms with Crippen molar-refractivity contribution in [2.24, 2.45) is 5.92 Å². The summed E-state index contributed by atoms with van der Waals surface area (Å²) in [5, 5.41) is 8.15. The average Bonchev–Trinajstić information content (AvgIpc) is 2.67. The van der Waals surface area contributed by atoms with E-state index in [1.165, 1.54) is 6.07 Å². The number of amides is 3. The van der Waals surface area contributed by atoms with Crippen molar-refractivity contribution in [3.8, 4) is 0 Å². The van der Waals surface area contributed by atoms with Crippen molar-refractivity contribution < 1.29 is 19.1 Å². The van der Waals surface area contributed by atoms with Gasteiger partial charge in [0.05, 0.1) is 17.9 Å². The fraction of sp³-hybridized carbons (Fsp3) is 0.286. The lowest BCUT2D eigenvalue weighted by molar-refractivity contribution is 0.0950. The van der Waals surface area contributed by atoms with Gasteiger partial charge in [-0.25, -0.2) is 4.79 Å². The highest BCUT2D eigenvalue weighted by Gasteiger charge is 2.15. The van der Waals surface area contributed by atoms with Crippen LogP contribution < -0.4 is 16.0 Å². The van der Waals surface area contributed by atoms with E-state index in [9.17, 15) is 14.4 Å². The fourth-order valence-corrected chi connectivity index (χ4v) is 2.40. The van der Waals surface area contributed by atoms with E-state index >= 15 is 0 Å². The van der Waals surface area contributed by atoms with Gasteiger partial charge in [0.15, 0.2) is 0 Å². The number of anilines is 2. The average molecular weight is 383 g/mol. The Morgan fingerprint density at radius 2 is 1.71 bits per heavy atom. The zero-order valence-corrected chi connectivity index (χ0v) is 16.2. The maximum Gasteiger partial charge on any atom is 0.411 e. The largest absolute Gasteiger partial charge is 0.450 e. The SMILES string of the molecule is CCOC(=O)Nc1cccc(C(=O)Nc2ccccc2C(=O)NCC(C)C)c1. The van der Waals surface area contributed by atoms with Crippen LogP contribution in [0.1, 0.15) is 41.5 Å². The van der Waals surface area contributed by atoms with E-state index in [4.69, 9.17) is 4.74 Å². The van der Waals surface area contributed by atoms with E-state index in [1.54, 1.807) is 49.4 Å². The molecule has 7 heteroatoms. The molecule has 28 heavy (non-hydrogen) atoms. The van der Waals surface area contributed by atoms with Crippen LogP contribution >= 0.6 is 0 Å². The fourth-order valence-electron chi connectivity index (χ4n) is 2.40. The third kappa shape index (κ3) is 6.12. The van der Waals surface area contributed by atoms with E-state index in [-0.39, 0.29) is 12.5 Å². The molecule has 2 aromatic rings. The van der Waals surface area contributed by atoms with E-state index in [1.807, 2.05) is 13.8 Å². The Kier molecular flexibility index (Phi) is 7.56. The predicted octanol–water partition coefficient (Wildman–Crippen LogP) is 3.89. The number of nitrogens with one attached hydrogen (secondary N) is 3. The number of carbonyl (C=O) groups is 3. The molecule has 0 atom stereocenters. The zero-order valence-electron chi connectivity index (χ0n) is 16.2. The van der Waals surface area contributed by atoms with Gasteiger partial charge < -0.3 is 15.4 Å². The predicted molar refractivity (Wildman–Crippen MR) is 109 cm³/mol. The highest BCUT2D eigenvalue weighted by Crippen LogP contribution is 2.18. The minimum Gasteiger partial charge on any atom is -0.450 e. The molecular weight excluding hydrogens is 358 g/mol. The van der Waals surface area contributed by atoms with Crippen molar-refractivity contribution in [2.45, 2.75) is 20.8 Å². The second-order valence-corrected chi connectivity index (χ2v) is 6.53. The van der Waals surface area contributed by atoms with E-state index in [0.717, 1.165) is 0 Å². The van der Waals surface area contributed by atoms with Crippen molar-refractivity contribution >= 4 is 29.3 Å². The van der Waals surface area contributed by atoms with Gasteiger partial charge in [0, 0.05) is 17.8 Å². The molecular formula is C21H25N3O4. The minimum absolute atomic E-state index is 0.248. The first kappa shape index (κ1) is 21.0. The van der Waals surface area contributed by atoms with Crippen LogP contribution in [0.15, 0.2) is 48.5 Å². The summed E-state index contributed by atoms with van der Waals surface area (Å²) >= 11 is 0. The number of ether oxygens (including phenoxy) is 1. The maximum absolute atomic E-state index is 12.6. The Morgan fingerprint density at radius 1 is 0.964 bits per heavy atom. The first-order chi connectivity index (χ1) is 13.4. The summed E-state index contributed by atoms with van der Waals surface area (Å²) in [4.78, 5) is 36.6. The van der Waals surface area contributed by atoms with Gasteiger partial charge in [-0.1, -0.05) is 32.0 Å². The lowest BCUT2D eigenvalue weighted by atomic mass is 10.1. The quantitative estimate of drug-likeness (QED) is 0.676. The molecule has 0 spiro atoms. The summed E-state index contributed by atoms with van der Waals surface area (Å²) in [7, 11) is 0. The van der Waals surface area contributed by atoms with Crippen LogP contribution in [-0.4, -0.2) is 31.1 Å². The number of hydrogen-bond donors (Lipinski definition) is 3. The van der Waals surface area contributed by atoms with Crippen LogP contribution in [0.2, 0.25) is 0 Å². The smallest absolute Gasteiger partial charge is 0.411 e. The standard InChI is InChI=1S/C21H25N3O4/c1-4-28-21(27)23-16-9-7-8-15(12-16)19(25)24-18-11-6-5-10-17(18)20(26)22-13-14(2)3/h5-12,14H,4,13H2,1-3H3,(H,22,26)(H,23,27)(H,24,25). The van der Waals surface area contributed by atoms with Gasteiger partial charge in [-0.05, 0) is 43.2 Å². The van der Waals surface area contributed by atoms with Gasteiger partial charge in [-0.3, -0.25) is 14.9 Å². The van der Waals surface area contributed by atoms with Crippen LogP contribution in [0.4, 0.5) is 16.2 Å². The molecule has 0 saturated heterocycles. The van der Waals surface area contributed by atoms with Gasteiger partial charge in [-0.15, -0.1) is 0 Å². The van der Waals surface area contributed by atoms with E-state index < -0.39 is 12.0 Å². The second kappa shape index (κ2) is 10.1. The number of rotatable bonds is 7. The molecule has 0 aliphatic carbocycles. The highest BCUT2D eigenvalue weighted by atomic mass is 16.5. The number of benzene rings is 2. The Morgan fingerprint density at radius 3 is 2.43 bits per heavy atom. The molecule has 148 valence electrons. The first-order valence-corrected chi connectivity index (χ1v) is 9.13. The number of para-hydroxylation sites is 1. The molecule has 2 aromatic carbocycles. The molecule has 0 bridgehead atoms. The van der Waals surface area contributed by atoms with Gasteiger partial charge in [0.2, 0.25) is 0 Å². The maximum atomic E-state index is 12.6. The van der Waals surface area contributed by atoms with Gasteiger partial charge in [-0.2, -0.15) is 0 Å². The molecule has 7 nitrogen and oxygen atoms in total. The molecule has 0 radical (unpaired) electrons. The van der Waals surface area contributed by atoms with Crippen molar-refractivity contribution in [1.29, 1.82) is 0 Å². The summed E-state index contributed by atoms with van der Waals surface area (Å²) in [6, 6.07) is 13.3. The summed E-state index contributed by atoms with van der Waals surface area (Å²) in [6.07, 6.45) is -0.591. The molecule has 0 unspecified atom stereocenters. The number of carbonyl (C=O) groups excluding carboxylic acids is 3. The Labute approximate surface area is 164 Å². The third-order valence-electron chi connectivity index (χ3n) is 3.74. The normalized spacial score (nSPS) is 10.3. The van der Waals surface area contributed by atoms with Crippen LogP contribution in [0.3, 0.4) is 0 Å². The second-order valence-electron chi connectivity index (χ2n) is 6.53. The Hall–Kier alpha value is -3.35. The topological polar surface area (TPSA) is 96.5 Å². The molecule has 0 aromatic heterocycles. The monoisotopic (exact) mass is 383 g/mol. The lowest BCUT2D eigenvalue weighted by Gasteiger charge is -2.13. The summed E-state index contributed by atoms with van der Waals surface area (Å²) in [5.41, 5.74) is 1.58. The number of hydrogen-bond acceptors (Lipinski definition) is 4. The van der Waals surface area contributed by atoms with E-state index in [0.29, 0.717) is 35.0 Å². The summed E-state index contributed by atoms with van der Waals surface area (Å²) < 4.78 is 4.83. The molecule has 3 amide bonds. The summed E-state index contributed by atoms with van der Waals surface area (Å²) in [5.74, 6) is -0.320. The molecule has 0 aliphatic rings. The minimum atomic E-state index is -0.591. The van der Waals surface area contributed by atoms with Gasteiger partial charge in [0.25, 0.3) is 11.8 Å². The Balaban J connectivity index is 2.13. The van der Waals surface area contributed by atoms with Crippen molar-refractivity contribution in [2.75, 3.05) is 23.8 Å². The van der Waals surface area contributed by atoms with Crippen molar-refractivity contribution in [3.05, 3.63) is 59.7 Å². The molecule has 0 heterocycles. The van der Waals surface area contributed by atoms with Crippen LogP contribution in [-0.2, 0) is 4.74 Å². The van der Waals surface area contributed by atoms with Crippen LogP contribution in [0.25, 0.3) is 0 Å². The molecule has 0 saturated carbocycles. The van der Waals surface area contributed by atoms with Crippen LogP contribution in [0, 0.1) is 5.92 Å². The summed E-state index contributed by atoms with van der Waals surface area (Å²) in [6.45, 7) is 6.51. The van der Waals surface area contributed by atoms with Crippen molar-refractivity contribution in [1.82, 2.24) is 5.32 Å². The molecule has 0 fully saturated rings. The van der Waals surface area contributed by atoms with Gasteiger partial charge in [0.1, 0.15) is 0 Å².